The van der Waals surface area contributed by atoms with Crippen LogP contribution < -0.4 is 0 Å². The molecule has 0 radical (unpaired) electrons. The smallest absolute Gasteiger partial charge is 0.248 e. The first-order valence-corrected chi connectivity index (χ1v) is 12.8. The Kier molecular flexibility index (Phi) is 5.28. The lowest BCUT2D eigenvalue weighted by Gasteiger charge is -2.17. The first-order valence-electron chi connectivity index (χ1n) is 12.8. The summed E-state index contributed by atoms with van der Waals surface area (Å²) < 4.78 is 28.0. The van der Waals surface area contributed by atoms with Gasteiger partial charge >= 0.3 is 0 Å². The third-order valence-corrected chi connectivity index (χ3v) is 7.73. The van der Waals surface area contributed by atoms with Gasteiger partial charge in [0.15, 0.2) is 0 Å². The van der Waals surface area contributed by atoms with Crippen LogP contribution in [-0.2, 0) is 12.8 Å². The van der Waals surface area contributed by atoms with Crippen LogP contribution in [0.5, 0.6) is 0 Å². The molecule has 6 rings (SSSR count). The third kappa shape index (κ3) is 4.05. The van der Waals surface area contributed by atoms with E-state index in [9.17, 15) is 8.78 Å². The van der Waals surface area contributed by atoms with Gasteiger partial charge in [0.1, 0.15) is 0 Å². The van der Waals surface area contributed by atoms with Crippen molar-refractivity contribution in [2.24, 2.45) is 5.92 Å². The number of pyridine rings is 1. The van der Waals surface area contributed by atoms with E-state index < -0.39 is 5.92 Å². The molecule has 0 N–H and O–H groups in total. The second kappa shape index (κ2) is 8.26. The third-order valence-electron chi connectivity index (χ3n) is 7.73. The minimum absolute atomic E-state index is 0.0161. The Balaban J connectivity index is 1.57. The van der Waals surface area contributed by atoms with Gasteiger partial charge in [-0.15, -0.1) is 0 Å². The Morgan fingerprint density at radius 3 is 2.54 bits per heavy atom. The molecule has 1 heterocycles. The van der Waals surface area contributed by atoms with Crippen molar-refractivity contribution in [1.82, 2.24) is 4.98 Å². The molecule has 4 aromatic rings. The van der Waals surface area contributed by atoms with Gasteiger partial charge in [-0.1, -0.05) is 56.3 Å². The lowest BCUT2D eigenvalue weighted by atomic mass is 9.90. The Morgan fingerprint density at radius 2 is 1.77 bits per heavy atom. The molecule has 0 aliphatic heterocycles. The van der Waals surface area contributed by atoms with Crippen molar-refractivity contribution in [3.8, 4) is 22.4 Å². The molecule has 2 aliphatic rings. The molecule has 1 fully saturated rings. The van der Waals surface area contributed by atoms with Crippen LogP contribution in [0.3, 0.4) is 0 Å². The lowest BCUT2D eigenvalue weighted by molar-refractivity contribution is 0.00777. The van der Waals surface area contributed by atoms with Crippen molar-refractivity contribution >= 4 is 10.8 Å². The molecule has 35 heavy (non-hydrogen) atoms. The molecular weight excluding hydrogens is 436 g/mol. The number of alkyl halides is 2. The highest BCUT2D eigenvalue weighted by Crippen LogP contribution is 2.46. The quantitative estimate of drug-likeness (QED) is 0.257. The fourth-order valence-corrected chi connectivity index (χ4v) is 6.12. The summed E-state index contributed by atoms with van der Waals surface area (Å²) in [5, 5.41) is 2.22. The SMILES string of the molecule is Cc1cc2c(c(-c3nc(CC(C)C)cc4ccc(C5CCC(F)(F)C5)cc34)c1)Cc1ccccc1-2. The van der Waals surface area contributed by atoms with E-state index in [0.29, 0.717) is 12.3 Å². The summed E-state index contributed by atoms with van der Waals surface area (Å²) in [4.78, 5) is 5.24. The Hall–Kier alpha value is -3.07. The molecule has 2 aliphatic carbocycles. The zero-order chi connectivity index (χ0) is 24.3. The van der Waals surface area contributed by atoms with Crippen LogP contribution in [0, 0.1) is 12.8 Å². The van der Waals surface area contributed by atoms with Crippen LogP contribution in [-0.4, -0.2) is 10.9 Å². The number of aromatic nitrogens is 1. The van der Waals surface area contributed by atoms with Gasteiger partial charge in [0, 0.05) is 29.5 Å². The standard InChI is InChI=1S/C32H31F2N/c1-19(2)12-25-15-23-9-8-21(24-10-11-32(33,34)18-24)16-27(23)31(35-25)30-14-20(3)13-28-26-7-5-4-6-22(26)17-29(28)30/h4-9,13-16,19,24H,10-12,17-18H2,1-3H3. The highest BCUT2D eigenvalue weighted by molar-refractivity contribution is 5.98. The average molecular weight is 468 g/mol. The maximum absolute atomic E-state index is 14.0. The summed E-state index contributed by atoms with van der Waals surface area (Å²) in [5.41, 5.74) is 10.8. The van der Waals surface area contributed by atoms with E-state index in [2.05, 4.69) is 81.4 Å². The van der Waals surface area contributed by atoms with Crippen LogP contribution >= 0.6 is 0 Å². The minimum Gasteiger partial charge on any atom is -0.252 e. The molecule has 0 saturated heterocycles. The number of halogens is 2. The molecule has 1 saturated carbocycles. The van der Waals surface area contributed by atoms with Crippen LogP contribution in [0.15, 0.2) is 60.7 Å². The summed E-state index contributed by atoms with van der Waals surface area (Å²) in [6.07, 6.45) is 2.28. The van der Waals surface area contributed by atoms with Gasteiger partial charge in [-0.05, 0) is 95.0 Å². The second-order valence-electron chi connectivity index (χ2n) is 11.0. The summed E-state index contributed by atoms with van der Waals surface area (Å²) in [7, 11) is 0. The maximum Gasteiger partial charge on any atom is 0.248 e. The lowest BCUT2D eigenvalue weighted by Crippen LogP contribution is -2.09. The van der Waals surface area contributed by atoms with Gasteiger partial charge in [0.05, 0.1) is 5.69 Å². The Labute approximate surface area is 206 Å². The molecule has 1 atom stereocenters. The predicted octanol–water partition coefficient (Wildman–Crippen LogP) is 8.88. The number of aryl methyl sites for hydroxylation is 1. The molecule has 1 aromatic heterocycles. The molecular formula is C32H31F2N. The van der Waals surface area contributed by atoms with Crippen LogP contribution in [0.2, 0.25) is 0 Å². The van der Waals surface area contributed by atoms with Crippen LogP contribution in [0.4, 0.5) is 8.78 Å². The summed E-state index contributed by atoms with van der Waals surface area (Å²) in [6.45, 7) is 6.59. The van der Waals surface area contributed by atoms with Crippen LogP contribution in [0.1, 0.15) is 67.0 Å². The normalized spacial score (nSPS) is 18.3. The molecule has 1 nitrogen and oxygen atoms in total. The van der Waals surface area contributed by atoms with E-state index in [0.717, 1.165) is 40.6 Å². The van der Waals surface area contributed by atoms with Gasteiger partial charge in [0.25, 0.3) is 0 Å². The molecule has 3 heteroatoms. The van der Waals surface area contributed by atoms with E-state index in [1.165, 1.54) is 33.4 Å². The fourth-order valence-electron chi connectivity index (χ4n) is 6.12. The van der Waals surface area contributed by atoms with Gasteiger partial charge in [-0.3, -0.25) is 4.98 Å². The number of hydrogen-bond acceptors (Lipinski definition) is 1. The van der Waals surface area contributed by atoms with Gasteiger partial charge in [-0.25, -0.2) is 8.78 Å². The summed E-state index contributed by atoms with van der Waals surface area (Å²) in [5.74, 6) is -2.14. The van der Waals surface area contributed by atoms with E-state index in [1.54, 1.807) is 0 Å². The first-order chi connectivity index (χ1) is 16.8. The van der Waals surface area contributed by atoms with Crippen molar-refractivity contribution in [2.75, 3.05) is 0 Å². The second-order valence-corrected chi connectivity index (χ2v) is 11.0. The monoisotopic (exact) mass is 467 g/mol. The number of nitrogens with zero attached hydrogens (tertiary/aromatic N) is 1. The van der Waals surface area contributed by atoms with Gasteiger partial charge in [-0.2, -0.15) is 0 Å². The molecule has 1 unspecified atom stereocenters. The molecule has 0 amide bonds. The number of hydrogen-bond donors (Lipinski definition) is 0. The molecule has 0 bridgehead atoms. The van der Waals surface area contributed by atoms with Gasteiger partial charge < -0.3 is 0 Å². The number of fused-ring (bicyclic) bond motifs is 4. The Bertz CT molecular complexity index is 1450. The largest absolute Gasteiger partial charge is 0.252 e. The number of rotatable bonds is 4. The van der Waals surface area contributed by atoms with Crippen molar-refractivity contribution in [2.45, 2.75) is 64.7 Å². The first kappa shape index (κ1) is 22.4. The average Bonchev–Trinajstić information content (AvgIpc) is 3.37. The maximum atomic E-state index is 14.0. The predicted molar refractivity (Wildman–Crippen MR) is 140 cm³/mol. The summed E-state index contributed by atoms with van der Waals surface area (Å²) >= 11 is 0. The fraction of sp³-hybridized carbons (Fsp3) is 0.344. The Morgan fingerprint density at radius 1 is 0.971 bits per heavy atom. The zero-order valence-corrected chi connectivity index (χ0v) is 20.7. The minimum atomic E-state index is -2.55. The topological polar surface area (TPSA) is 12.9 Å². The van der Waals surface area contributed by atoms with Crippen molar-refractivity contribution < 1.29 is 8.78 Å². The van der Waals surface area contributed by atoms with E-state index in [1.807, 2.05) is 0 Å². The van der Waals surface area contributed by atoms with Gasteiger partial charge in [0.2, 0.25) is 5.92 Å². The van der Waals surface area contributed by atoms with Crippen molar-refractivity contribution in [3.05, 3.63) is 88.6 Å². The highest BCUT2D eigenvalue weighted by atomic mass is 19.3. The zero-order valence-electron chi connectivity index (χ0n) is 20.7. The summed E-state index contributed by atoms with van der Waals surface area (Å²) in [6, 6.07) is 21.7. The van der Waals surface area contributed by atoms with E-state index in [4.69, 9.17) is 4.98 Å². The van der Waals surface area contributed by atoms with Crippen LogP contribution in [0.25, 0.3) is 33.2 Å². The van der Waals surface area contributed by atoms with E-state index >= 15 is 0 Å². The number of benzene rings is 3. The van der Waals surface area contributed by atoms with Crippen molar-refractivity contribution in [3.63, 3.8) is 0 Å². The molecule has 0 spiro atoms. The molecule has 3 aromatic carbocycles. The van der Waals surface area contributed by atoms with E-state index in [-0.39, 0.29) is 18.8 Å². The highest BCUT2D eigenvalue weighted by Gasteiger charge is 2.40. The van der Waals surface area contributed by atoms with Crippen molar-refractivity contribution in [1.29, 1.82) is 0 Å². The molecule has 178 valence electrons.